The van der Waals surface area contributed by atoms with Crippen LogP contribution in [0.5, 0.6) is 0 Å². The monoisotopic (exact) mass is 714 g/mol. The van der Waals surface area contributed by atoms with Crippen molar-refractivity contribution in [2.24, 2.45) is 10.7 Å². The van der Waals surface area contributed by atoms with Gasteiger partial charge in [0.05, 0.1) is 6.17 Å². The van der Waals surface area contributed by atoms with E-state index >= 15 is 0 Å². The summed E-state index contributed by atoms with van der Waals surface area (Å²) in [7, 11) is 0. The highest BCUT2D eigenvalue weighted by Crippen LogP contribution is 2.40. The van der Waals surface area contributed by atoms with E-state index < -0.39 is 0 Å². The molecular weight excluding hydrogens is 677 g/mol. The van der Waals surface area contributed by atoms with Crippen LogP contribution in [0, 0.1) is 0 Å². The molecule has 4 N–H and O–H groups in total. The minimum absolute atomic E-state index is 0.305. The Morgan fingerprint density at radius 2 is 1.17 bits per heavy atom. The van der Waals surface area contributed by atoms with Gasteiger partial charge in [-0.05, 0) is 86.6 Å². The number of nitrogens with zero attached hydrogens (tertiary/aromatic N) is 1. The SMILES string of the molecule is NC(NC(/N=C/c1ccc(Nc2ccc(-c3ccc4sc5ccccc5c4c3)cc2-c2cccc3ccccc23)cc1)c1ccccc1)c1ccccc1. The van der Waals surface area contributed by atoms with Gasteiger partial charge in [0.2, 0.25) is 0 Å². The highest BCUT2D eigenvalue weighted by molar-refractivity contribution is 7.25. The normalized spacial score (nSPS) is 12.8. The second-order valence-electron chi connectivity index (χ2n) is 13.5. The molecule has 5 heteroatoms. The number of rotatable bonds is 10. The van der Waals surface area contributed by atoms with Crippen LogP contribution in [-0.4, -0.2) is 6.21 Å². The first-order chi connectivity index (χ1) is 26.7. The minimum atomic E-state index is -0.360. The maximum absolute atomic E-state index is 6.57. The van der Waals surface area contributed by atoms with Crippen LogP contribution in [0.15, 0.2) is 193 Å². The average Bonchev–Trinajstić information content (AvgIpc) is 3.61. The number of anilines is 2. The van der Waals surface area contributed by atoms with E-state index in [9.17, 15) is 0 Å². The number of nitrogens with two attached hydrogens (primary N) is 1. The molecule has 260 valence electrons. The largest absolute Gasteiger partial charge is 0.355 e. The number of thiophene rings is 1. The molecular formula is C49H38N4S. The molecule has 1 aromatic heterocycles. The van der Waals surface area contributed by atoms with Gasteiger partial charge in [-0.1, -0.05) is 146 Å². The van der Waals surface area contributed by atoms with Gasteiger partial charge in [0.1, 0.15) is 6.17 Å². The molecule has 9 aromatic rings. The van der Waals surface area contributed by atoms with E-state index in [-0.39, 0.29) is 12.3 Å². The molecule has 9 rings (SSSR count). The third kappa shape index (κ3) is 6.92. The second-order valence-corrected chi connectivity index (χ2v) is 14.6. The fraction of sp³-hybridized carbons (Fsp3) is 0.0408. The minimum Gasteiger partial charge on any atom is -0.355 e. The van der Waals surface area contributed by atoms with Gasteiger partial charge >= 0.3 is 0 Å². The molecule has 8 aromatic carbocycles. The summed E-state index contributed by atoms with van der Waals surface area (Å²) < 4.78 is 2.63. The molecule has 1 heterocycles. The van der Waals surface area contributed by atoms with Crippen LogP contribution >= 0.6 is 11.3 Å². The summed E-state index contributed by atoms with van der Waals surface area (Å²) in [6, 6.07) is 66.1. The lowest BCUT2D eigenvalue weighted by molar-refractivity contribution is 0.467. The van der Waals surface area contributed by atoms with Crippen molar-refractivity contribution >= 4 is 59.9 Å². The standard InChI is InChI=1S/C49H38N4S/c50-48(35-13-3-1-4-14-35)53-49(36-15-5-2-6-16-36)51-32-33-22-26-39(27-23-33)52-45-28-24-37(30-43(45)41-20-11-17-34-12-7-8-18-40(34)41)38-25-29-47-44(31-38)42-19-9-10-21-46(42)54-47/h1-32,48-49,52-53H,50H2/b51-32+. The first kappa shape index (κ1) is 33.5. The van der Waals surface area contributed by atoms with Crippen LogP contribution in [0.1, 0.15) is 29.0 Å². The Hall–Kier alpha value is -6.37. The van der Waals surface area contributed by atoms with Gasteiger partial charge < -0.3 is 11.1 Å². The van der Waals surface area contributed by atoms with Crippen LogP contribution in [0.25, 0.3) is 53.2 Å². The lowest BCUT2D eigenvalue weighted by atomic mass is 9.93. The van der Waals surface area contributed by atoms with Gasteiger partial charge in [0.15, 0.2) is 0 Å². The van der Waals surface area contributed by atoms with E-state index in [1.54, 1.807) is 0 Å². The molecule has 4 nitrogen and oxygen atoms in total. The molecule has 0 aliphatic heterocycles. The van der Waals surface area contributed by atoms with Crippen LogP contribution in [0.2, 0.25) is 0 Å². The molecule has 2 unspecified atom stereocenters. The van der Waals surface area contributed by atoms with E-state index in [0.29, 0.717) is 0 Å². The number of benzene rings is 8. The predicted octanol–water partition coefficient (Wildman–Crippen LogP) is 12.7. The molecule has 0 aliphatic rings. The number of fused-ring (bicyclic) bond motifs is 4. The van der Waals surface area contributed by atoms with E-state index in [2.05, 4.69) is 150 Å². The molecule has 0 saturated heterocycles. The van der Waals surface area contributed by atoms with Crippen molar-refractivity contribution < 1.29 is 0 Å². The summed E-state index contributed by atoms with van der Waals surface area (Å²) in [6.07, 6.45) is 1.25. The van der Waals surface area contributed by atoms with Crippen molar-refractivity contribution in [1.29, 1.82) is 0 Å². The molecule has 0 aliphatic carbocycles. The Balaban J connectivity index is 1.03. The van der Waals surface area contributed by atoms with Gasteiger partial charge in [0, 0.05) is 43.3 Å². The van der Waals surface area contributed by atoms with E-state index in [4.69, 9.17) is 10.7 Å². The summed E-state index contributed by atoms with van der Waals surface area (Å²) in [5, 5.41) is 12.3. The van der Waals surface area contributed by atoms with Gasteiger partial charge in [-0.3, -0.25) is 10.3 Å². The lowest BCUT2D eigenvalue weighted by Gasteiger charge is -2.21. The summed E-state index contributed by atoms with van der Waals surface area (Å²) in [5.41, 5.74) is 16.4. The van der Waals surface area contributed by atoms with Crippen LogP contribution in [0.4, 0.5) is 11.4 Å². The predicted molar refractivity (Wildman–Crippen MR) is 231 cm³/mol. The van der Waals surface area contributed by atoms with Crippen LogP contribution in [-0.2, 0) is 0 Å². The molecule has 54 heavy (non-hydrogen) atoms. The van der Waals surface area contributed by atoms with Gasteiger partial charge in [-0.2, -0.15) is 0 Å². The zero-order valence-corrected chi connectivity index (χ0v) is 30.4. The lowest BCUT2D eigenvalue weighted by Crippen LogP contribution is -2.31. The Bertz CT molecular complexity index is 2730. The smallest absolute Gasteiger partial charge is 0.127 e. The van der Waals surface area contributed by atoms with Crippen molar-refractivity contribution in [3.63, 3.8) is 0 Å². The summed E-state index contributed by atoms with van der Waals surface area (Å²) >= 11 is 1.85. The highest BCUT2D eigenvalue weighted by Gasteiger charge is 2.15. The highest BCUT2D eigenvalue weighted by atomic mass is 32.1. The van der Waals surface area contributed by atoms with Crippen molar-refractivity contribution in [3.8, 4) is 22.3 Å². The zero-order chi connectivity index (χ0) is 36.3. The van der Waals surface area contributed by atoms with E-state index in [1.165, 1.54) is 47.6 Å². The number of aliphatic imine (C=N–C) groups is 1. The Morgan fingerprint density at radius 3 is 1.98 bits per heavy atom. The fourth-order valence-electron chi connectivity index (χ4n) is 7.18. The van der Waals surface area contributed by atoms with E-state index in [0.717, 1.165) is 33.6 Å². The molecule has 0 radical (unpaired) electrons. The van der Waals surface area contributed by atoms with Gasteiger partial charge in [-0.15, -0.1) is 11.3 Å². The molecule has 0 bridgehead atoms. The van der Waals surface area contributed by atoms with Crippen molar-refractivity contribution in [2.45, 2.75) is 12.3 Å². The Kier molecular flexibility index (Phi) is 9.25. The van der Waals surface area contributed by atoms with Gasteiger partial charge in [0.25, 0.3) is 0 Å². The number of hydrogen-bond acceptors (Lipinski definition) is 5. The zero-order valence-electron chi connectivity index (χ0n) is 29.6. The van der Waals surface area contributed by atoms with Crippen molar-refractivity contribution in [3.05, 3.63) is 205 Å². The maximum atomic E-state index is 6.57. The third-order valence-electron chi connectivity index (χ3n) is 9.98. The Morgan fingerprint density at radius 1 is 0.519 bits per heavy atom. The molecule has 2 atom stereocenters. The topological polar surface area (TPSA) is 62.4 Å². The molecule has 0 fully saturated rings. The first-order valence-electron chi connectivity index (χ1n) is 18.2. The second kappa shape index (κ2) is 14.9. The van der Waals surface area contributed by atoms with E-state index in [1.807, 2.05) is 66.1 Å². The molecule has 0 saturated carbocycles. The van der Waals surface area contributed by atoms with Crippen molar-refractivity contribution in [2.75, 3.05) is 5.32 Å². The Labute approximate surface area is 319 Å². The van der Waals surface area contributed by atoms with Crippen LogP contribution < -0.4 is 16.4 Å². The summed E-state index contributed by atoms with van der Waals surface area (Å²) in [5.74, 6) is 0. The average molecular weight is 715 g/mol. The maximum Gasteiger partial charge on any atom is 0.127 e. The number of nitrogens with one attached hydrogen (secondary N) is 2. The summed E-state index contributed by atoms with van der Waals surface area (Å²) in [4.78, 5) is 4.96. The molecule has 0 spiro atoms. The fourth-order valence-corrected chi connectivity index (χ4v) is 8.26. The van der Waals surface area contributed by atoms with Gasteiger partial charge in [-0.25, -0.2) is 0 Å². The van der Waals surface area contributed by atoms with Crippen LogP contribution in [0.3, 0.4) is 0 Å². The third-order valence-corrected chi connectivity index (χ3v) is 11.1. The molecule has 0 amide bonds. The number of hydrogen-bond donors (Lipinski definition) is 3. The quantitative estimate of drug-likeness (QED) is 0.0976. The summed E-state index contributed by atoms with van der Waals surface area (Å²) in [6.45, 7) is 0. The van der Waals surface area contributed by atoms with Crippen molar-refractivity contribution in [1.82, 2.24) is 5.32 Å². The first-order valence-corrected chi connectivity index (χ1v) is 19.0.